The summed E-state index contributed by atoms with van der Waals surface area (Å²) in [7, 11) is 0. The molecule has 0 spiro atoms. The molecule has 0 radical (unpaired) electrons. The van der Waals surface area contributed by atoms with Crippen molar-refractivity contribution in [3.8, 4) is 11.1 Å². The number of aromatic carboxylic acids is 1. The summed E-state index contributed by atoms with van der Waals surface area (Å²) in [5, 5.41) is 18.2. The SMILES string of the molecule is O=C(O)c1cccs1.c1cc(CNC2CC2)cc(-c2ccc3ncnc(NC4CC4)c3c2)c1. The third-order valence-corrected chi connectivity index (χ3v) is 6.58. The van der Waals surface area contributed by atoms with Crippen LogP contribution in [-0.2, 0) is 6.54 Å². The third kappa shape index (κ3) is 5.74. The Morgan fingerprint density at radius 3 is 2.48 bits per heavy atom. The molecule has 168 valence electrons. The number of fused-ring (bicyclic) bond motifs is 1. The van der Waals surface area contributed by atoms with Crippen molar-refractivity contribution in [2.45, 2.75) is 44.3 Å². The van der Waals surface area contributed by atoms with Crippen molar-refractivity contribution in [3.63, 3.8) is 0 Å². The Morgan fingerprint density at radius 1 is 0.970 bits per heavy atom. The molecule has 7 heteroatoms. The van der Waals surface area contributed by atoms with Gasteiger partial charge in [0.15, 0.2) is 0 Å². The number of carboxylic acids is 1. The molecule has 33 heavy (non-hydrogen) atoms. The van der Waals surface area contributed by atoms with E-state index in [1.165, 1.54) is 53.7 Å². The van der Waals surface area contributed by atoms with Crippen molar-refractivity contribution in [2.75, 3.05) is 5.32 Å². The molecule has 3 N–H and O–H groups in total. The summed E-state index contributed by atoms with van der Waals surface area (Å²) < 4.78 is 0. The van der Waals surface area contributed by atoms with Crippen LogP contribution in [0.3, 0.4) is 0 Å². The van der Waals surface area contributed by atoms with Crippen LogP contribution in [0.1, 0.15) is 40.9 Å². The fourth-order valence-electron chi connectivity index (χ4n) is 3.58. The number of nitrogens with one attached hydrogen (secondary N) is 2. The van der Waals surface area contributed by atoms with Crippen LogP contribution in [0, 0.1) is 0 Å². The van der Waals surface area contributed by atoms with E-state index in [2.05, 4.69) is 63.1 Å². The molecule has 2 saturated carbocycles. The van der Waals surface area contributed by atoms with Crippen molar-refractivity contribution in [2.24, 2.45) is 0 Å². The maximum absolute atomic E-state index is 10.1. The molecule has 2 aliphatic carbocycles. The van der Waals surface area contributed by atoms with Crippen LogP contribution in [0.15, 0.2) is 66.3 Å². The monoisotopic (exact) mass is 458 g/mol. The Labute approximate surface area is 196 Å². The first-order valence-corrected chi connectivity index (χ1v) is 12.1. The van der Waals surface area contributed by atoms with Gasteiger partial charge in [0, 0.05) is 24.0 Å². The lowest BCUT2D eigenvalue weighted by Gasteiger charge is -2.10. The number of rotatable bonds is 7. The molecule has 0 unspecified atom stereocenters. The van der Waals surface area contributed by atoms with E-state index in [0.717, 1.165) is 29.3 Å². The Morgan fingerprint density at radius 2 is 1.79 bits per heavy atom. The largest absolute Gasteiger partial charge is 0.477 e. The van der Waals surface area contributed by atoms with Crippen LogP contribution in [-0.4, -0.2) is 33.1 Å². The number of carboxylic acid groups (broad SMARTS) is 1. The van der Waals surface area contributed by atoms with E-state index in [9.17, 15) is 4.79 Å². The minimum absolute atomic E-state index is 0.394. The molecule has 2 aliphatic rings. The van der Waals surface area contributed by atoms with Crippen LogP contribution in [0.5, 0.6) is 0 Å². The Bertz CT molecular complexity index is 1250. The standard InChI is InChI=1S/C21H22N4.C5H4O2S/c1-2-14(12-22-17-5-6-17)10-15(3-1)16-4-9-20-19(11-16)21(24-13-23-20)25-18-7-8-18;6-5(7)4-2-1-3-8-4/h1-4,9-11,13,17-18,22H,5-8,12H2,(H,23,24,25);1-3H,(H,6,7). The van der Waals surface area contributed by atoms with E-state index in [0.29, 0.717) is 10.9 Å². The molecule has 0 saturated heterocycles. The first-order chi connectivity index (χ1) is 16.2. The highest BCUT2D eigenvalue weighted by molar-refractivity contribution is 7.11. The number of carbonyl (C=O) groups is 1. The second-order valence-electron chi connectivity index (χ2n) is 8.51. The summed E-state index contributed by atoms with van der Waals surface area (Å²) in [6.07, 6.45) is 6.77. The summed E-state index contributed by atoms with van der Waals surface area (Å²) in [4.78, 5) is 19.3. The Hall–Kier alpha value is -3.29. The number of aromatic nitrogens is 2. The molecule has 0 amide bonds. The maximum Gasteiger partial charge on any atom is 0.345 e. The fraction of sp³-hybridized carbons (Fsp3) is 0.269. The normalized spacial score (nSPS) is 15.0. The van der Waals surface area contributed by atoms with E-state index in [1.54, 1.807) is 23.8 Å². The maximum atomic E-state index is 10.1. The van der Waals surface area contributed by atoms with Crippen LogP contribution >= 0.6 is 11.3 Å². The molecule has 0 atom stereocenters. The van der Waals surface area contributed by atoms with Gasteiger partial charge in [0.05, 0.1) is 5.52 Å². The molecule has 2 fully saturated rings. The molecule has 2 heterocycles. The van der Waals surface area contributed by atoms with Gasteiger partial charge in [-0.3, -0.25) is 0 Å². The predicted molar refractivity (Wildman–Crippen MR) is 133 cm³/mol. The molecule has 2 aromatic heterocycles. The first kappa shape index (κ1) is 21.6. The zero-order valence-electron chi connectivity index (χ0n) is 18.2. The van der Waals surface area contributed by atoms with Gasteiger partial charge in [-0.15, -0.1) is 11.3 Å². The van der Waals surface area contributed by atoms with E-state index in [1.807, 2.05) is 0 Å². The Kier molecular flexibility index (Phi) is 6.32. The highest BCUT2D eigenvalue weighted by Crippen LogP contribution is 2.31. The van der Waals surface area contributed by atoms with Crippen molar-refractivity contribution in [1.82, 2.24) is 15.3 Å². The van der Waals surface area contributed by atoms with Gasteiger partial charge >= 0.3 is 5.97 Å². The third-order valence-electron chi connectivity index (χ3n) is 5.72. The lowest BCUT2D eigenvalue weighted by atomic mass is 10.0. The number of nitrogens with zero attached hydrogens (tertiary/aromatic N) is 2. The van der Waals surface area contributed by atoms with Gasteiger partial charge in [-0.1, -0.05) is 30.3 Å². The van der Waals surface area contributed by atoms with E-state index >= 15 is 0 Å². The van der Waals surface area contributed by atoms with Crippen LogP contribution < -0.4 is 10.6 Å². The predicted octanol–water partition coefficient (Wildman–Crippen LogP) is 5.57. The number of anilines is 1. The van der Waals surface area contributed by atoms with Crippen molar-refractivity contribution < 1.29 is 9.90 Å². The minimum atomic E-state index is -0.847. The van der Waals surface area contributed by atoms with Gasteiger partial charge in [-0.05, 0) is 72.0 Å². The molecule has 4 aromatic rings. The zero-order chi connectivity index (χ0) is 22.6. The molecular weight excluding hydrogens is 432 g/mol. The van der Waals surface area contributed by atoms with E-state index in [-0.39, 0.29) is 0 Å². The summed E-state index contributed by atoms with van der Waals surface area (Å²) in [6, 6.07) is 19.9. The van der Waals surface area contributed by atoms with Gasteiger partial charge in [-0.2, -0.15) is 0 Å². The molecule has 2 aromatic carbocycles. The van der Waals surface area contributed by atoms with Crippen molar-refractivity contribution >= 4 is 34.0 Å². The van der Waals surface area contributed by atoms with Crippen LogP contribution in [0.4, 0.5) is 5.82 Å². The average Bonchev–Trinajstić information content (AvgIpc) is 3.77. The first-order valence-electron chi connectivity index (χ1n) is 11.3. The number of hydrogen-bond donors (Lipinski definition) is 3. The lowest BCUT2D eigenvalue weighted by molar-refractivity contribution is 0.0702. The second-order valence-corrected chi connectivity index (χ2v) is 9.46. The fourth-order valence-corrected chi connectivity index (χ4v) is 4.14. The summed E-state index contributed by atoms with van der Waals surface area (Å²) >= 11 is 1.23. The highest BCUT2D eigenvalue weighted by atomic mass is 32.1. The minimum Gasteiger partial charge on any atom is -0.477 e. The molecule has 0 bridgehead atoms. The van der Waals surface area contributed by atoms with Gasteiger partial charge in [0.1, 0.15) is 17.0 Å². The number of hydrogen-bond acceptors (Lipinski definition) is 6. The van der Waals surface area contributed by atoms with Gasteiger partial charge in [0.2, 0.25) is 0 Å². The van der Waals surface area contributed by atoms with Gasteiger partial charge in [0.25, 0.3) is 0 Å². The Balaban J connectivity index is 0.000000243. The van der Waals surface area contributed by atoms with Gasteiger partial charge < -0.3 is 15.7 Å². The number of benzene rings is 2. The van der Waals surface area contributed by atoms with Crippen molar-refractivity contribution in [3.05, 3.63) is 76.7 Å². The average molecular weight is 459 g/mol. The number of thiophene rings is 1. The van der Waals surface area contributed by atoms with E-state index in [4.69, 9.17) is 5.11 Å². The van der Waals surface area contributed by atoms with Crippen molar-refractivity contribution in [1.29, 1.82) is 0 Å². The highest BCUT2D eigenvalue weighted by Gasteiger charge is 2.22. The smallest absolute Gasteiger partial charge is 0.345 e. The summed E-state index contributed by atoms with van der Waals surface area (Å²) in [5.41, 5.74) is 4.80. The summed E-state index contributed by atoms with van der Waals surface area (Å²) in [6.45, 7) is 0.948. The van der Waals surface area contributed by atoms with Crippen LogP contribution in [0.2, 0.25) is 0 Å². The molecular formula is C26H26N4O2S. The molecule has 0 aliphatic heterocycles. The molecule has 6 rings (SSSR count). The quantitative estimate of drug-likeness (QED) is 0.336. The van der Waals surface area contributed by atoms with E-state index < -0.39 is 5.97 Å². The molecule has 6 nitrogen and oxygen atoms in total. The topological polar surface area (TPSA) is 87.1 Å². The van der Waals surface area contributed by atoms with Gasteiger partial charge in [-0.25, -0.2) is 14.8 Å². The lowest BCUT2D eigenvalue weighted by Crippen LogP contribution is -2.15. The zero-order valence-corrected chi connectivity index (χ0v) is 19.0. The van der Waals surface area contributed by atoms with Crippen LogP contribution in [0.25, 0.3) is 22.0 Å². The summed E-state index contributed by atoms with van der Waals surface area (Å²) in [5.74, 6) is 0.112. The second kappa shape index (κ2) is 9.68.